The van der Waals surface area contributed by atoms with Crippen LogP contribution in [0.1, 0.15) is 25.3 Å². The van der Waals surface area contributed by atoms with Crippen LogP contribution in [0.2, 0.25) is 0 Å². The zero-order valence-corrected chi connectivity index (χ0v) is 10.3. The third kappa shape index (κ3) is 1.55. The average Bonchev–Trinajstić information content (AvgIpc) is 2.77. The second-order valence-electron chi connectivity index (χ2n) is 4.93. The van der Waals surface area contributed by atoms with Crippen molar-refractivity contribution in [2.45, 2.75) is 25.8 Å². The first-order valence-corrected chi connectivity index (χ1v) is 5.50. The summed E-state index contributed by atoms with van der Waals surface area (Å²) < 4.78 is 10.6. The molecule has 1 saturated carbocycles. The molecule has 0 radical (unpaired) electrons. The first-order valence-electron chi connectivity index (χ1n) is 5.50. The van der Waals surface area contributed by atoms with Crippen molar-refractivity contribution in [1.82, 2.24) is 0 Å². The van der Waals surface area contributed by atoms with E-state index in [9.17, 15) is 0 Å². The van der Waals surface area contributed by atoms with Crippen molar-refractivity contribution >= 4 is 0 Å². The number of nitrogens with two attached hydrogens (primary N) is 1. The molecular weight excluding hydrogens is 202 g/mol. The van der Waals surface area contributed by atoms with Crippen LogP contribution in [-0.4, -0.2) is 20.3 Å². The fourth-order valence-electron chi connectivity index (χ4n) is 2.35. The van der Waals surface area contributed by atoms with E-state index in [2.05, 4.69) is 19.9 Å². The predicted octanol–water partition coefficient (Wildman–Crippen LogP) is 2.15. The van der Waals surface area contributed by atoms with Gasteiger partial charge in [0.1, 0.15) is 11.5 Å². The van der Waals surface area contributed by atoms with Crippen LogP contribution in [-0.2, 0) is 0 Å². The zero-order valence-electron chi connectivity index (χ0n) is 10.3. The minimum atomic E-state index is 0.169. The minimum absolute atomic E-state index is 0.169. The van der Waals surface area contributed by atoms with E-state index in [1.54, 1.807) is 14.2 Å². The highest BCUT2D eigenvalue weighted by Gasteiger charge is 2.57. The summed E-state index contributed by atoms with van der Waals surface area (Å²) in [5, 5.41) is 0. The number of methoxy groups -OCH3 is 2. The lowest BCUT2D eigenvalue weighted by Gasteiger charge is -2.11. The van der Waals surface area contributed by atoms with Gasteiger partial charge in [0, 0.05) is 18.0 Å². The summed E-state index contributed by atoms with van der Waals surface area (Å²) in [4.78, 5) is 0. The summed E-state index contributed by atoms with van der Waals surface area (Å²) in [6.07, 6.45) is 0. The first-order chi connectivity index (χ1) is 7.52. The molecule has 0 spiro atoms. The highest BCUT2D eigenvalue weighted by molar-refractivity contribution is 5.48. The Morgan fingerprint density at radius 3 is 2.25 bits per heavy atom. The van der Waals surface area contributed by atoms with Crippen LogP contribution in [0.4, 0.5) is 0 Å². The Morgan fingerprint density at radius 2 is 1.81 bits per heavy atom. The van der Waals surface area contributed by atoms with Gasteiger partial charge in [-0.25, -0.2) is 0 Å². The van der Waals surface area contributed by atoms with Gasteiger partial charge in [-0.3, -0.25) is 0 Å². The van der Waals surface area contributed by atoms with Crippen molar-refractivity contribution < 1.29 is 9.47 Å². The molecule has 88 valence electrons. The van der Waals surface area contributed by atoms with Gasteiger partial charge in [0.25, 0.3) is 0 Å². The van der Waals surface area contributed by atoms with Crippen LogP contribution in [0.15, 0.2) is 18.2 Å². The average molecular weight is 221 g/mol. The van der Waals surface area contributed by atoms with Gasteiger partial charge in [-0.1, -0.05) is 19.9 Å². The second kappa shape index (κ2) is 3.67. The molecule has 3 nitrogen and oxygen atoms in total. The van der Waals surface area contributed by atoms with Crippen LogP contribution in [0.25, 0.3) is 0 Å². The van der Waals surface area contributed by atoms with E-state index in [1.807, 2.05) is 12.1 Å². The van der Waals surface area contributed by atoms with Crippen LogP contribution >= 0.6 is 0 Å². The van der Waals surface area contributed by atoms with E-state index in [0.29, 0.717) is 5.92 Å². The summed E-state index contributed by atoms with van der Waals surface area (Å²) in [6, 6.07) is 6.14. The van der Waals surface area contributed by atoms with Crippen molar-refractivity contribution in [2.24, 2.45) is 11.1 Å². The van der Waals surface area contributed by atoms with E-state index in [4.69, 9.17) is 15.2 Å². The Labute approximate surface area is 96.5 Å². The predicted molar refractivity (Wildman–Crippen MR) is 64.0 cm³/mol. The van der Waals surface area contributed by atoms with Crippen molar-refractivity contribution in [1.29, 1.82) is 0 Å². The molecule has 0 aliphatic heterocycles. The van der Waals surface area contributed by atoms with Crippen molar-refractivity contribution in [3.63, 3.8) is 0 Å². The standard InChI is InChI=1S/C13H19NO2/c1-13(2)11(12(13)14)9-6-5-8(15-3)7-10(9)16-4/h5-7,11-12H,14H2,1-4H3/t11-,12-/m0/s1. The van der Waals surface area contributed by atoms with Crippen molar-refractivity contribution in [3.8, 4) is 11.5 Å². The van der Waals surface area contributed by atoms with E-state index < -0.39 is 0 Å². The molecule has 0 amide bonds. The molecular formula is C13H19NO2. The topological polar surface area (TPSA) is 44.5 Å². The molecule has 2 atom stereocenters. The lowest BCUT2D eigenvalue weighted by Crippen LogP contribution is -2.06. The largest absolute Gasteiger partial charge is 0.497 e. The summed E-state index contributed by atoms with van der Waals surface area (Å²) >= 11 is 0. The lowest BCUT2D eigenvalue weighted by molar-refractivity contribution is 0.390. The molecule has 16 heavy (non-hydrogen) atoms. The Balaban J connectivity index is 2.36. The number of hydrogen-bond donors (Lipinski definition) is 1. The maximum atomic E-state index is 6.08. The Kier molecular flexibility index (Phi) is 2.58. The molecule has 0 saturated heterocycles. The SMILES string of the molecule is COc1ccc([C@H]2[C@H](N)C2(C)C)c(OC)c1. The van der Waals surface area contributed by atoms with E-state index in [1.165, 1.54) is 5.56 Å². The van der Waals surface area contributed by atoms with Gasteiger partial charge in [-0.15, -0.1) is 0 Å². The van der Waals surface area contributed by atoms with Crippen molar-refractivity contribution in [2.75, 3.05) is 14.2 Å². The van der Waals surface area contributed by atoms with Gasteiger partial charge in [0.05, 0.1) is 14.2 Å². The van der Waals surface area contributed by atoms with Crippen LogP contribution < -0.4 is 15.2 Å². The van der Waals surface area contributed by atoms with Crippen LogP contribution in [0.3, 0.4) is 0 Å². The summed E-state index contributed by atoms with van der Waals surface area (Å²) in [5.41, 5.74) is 7.43. The third-order valence-corrected chi connectivity index (χ3v) is 3.69. The van der Waals surface area contributed by atoms with Gasteiger partial charge in [0.2, 0.25) is 0 Å². The first kappa shape index (κ1) is 11.3. The Morgan fingerprint density at radius 1 is 1.19 bits per heavy atom. The molecule has 3 heteroatoms. The maximum absolute atomic E-state index is 6.08. The highest BCUT2D eigenvalue weighted by atomic mass is 16.5. The van der Waals surface area contributed by atoms with Gasteiger partial charge in [0.15, 0.2) is 0 Å². The van der Waals surface area contributed by atoms with E-state index in [0.717, 1.165) is 11.5 Å². The minimum Gasteiger partial charge on any atom is -0.497 e. The zero-order chi connectivity index (χ0) is 11.9. The smallest absolute Gasteiger partial charge is 0.126 e. The Hall–Kier alpha value is -1.22. The molecule has 1 aliphatic rings. The lowest BCUT2D eigenvalue weighted by atomic mass is 10.0. The summed E-state index contributed by atoms with van der Waals surface area (Å²) in [7, 11) is 3.33. The second-order valence-corrected chi connectivity index (χ2v) is 4.93. The van der Waals surface area contributed by atoms with Gasteiger partial charge in [-0.05, 0) is 17.0 Å². The molecule has 2 N–H and O–H groups in total. The fraction of sp³-hybridized carbons (Fsp3) is 0.538. The molecule has 0 bridgehead atoms. The normalized spacial score (nSPS) is 26.3. The number of hydrogen-bond acceptors (Lipinski definition) is 3. The quantitative estimate of drug-likeness (QED) is 0.850. The monoisotopic (exact) mass is 221 g/mol. The maximum Gasteiger partial charge on any atom is 0.126 e. The molecule has 1 fully saturated rings. The molecule has 2 rings (SSSR count). The van der Waals surface area contributed by atoms with Crippen LogP contribution in [0, 0.1) is 5.41 Å². The van der Waals surface area contributed by atoms with E-state index in [-0.39, 0.29) is 11.5 Å². The Bertz CT molecular complexity index is 401. The molecule has 1 aromatic rings. The van der Waals surface area contributed by atoms with Crippen LogP contribution in [0.5, 0.6) is 11.5 Å². The fourth-order valence-corrected chi connectivity index (χ4v) is 2.35. The highest BCUT2D eigenvalue weighted by Crippen LogP contribution is 2.59. The number of benzene rings is 1. The molecule has 1 aromatic carbocycles. The number of rotatable bonds is 3. The number of ether oxygens (including phenoxy) is 2. The molecule has 1 aliphatic carbocycles. The summed E-state index contributed by atoms with van der Waals surface area (Å²) in [6.45, 7) is 4.37. The molecule has 0 aromatic heterocycles. The van der Waals surface area contributed by atoms with Crippen molar-refractivity contribution in [3.05, 3.63) is 23.8 Å². The molecule has 0 unspecified atom stereocenters. The van der Waals surface area contributed by atoms with Gasteiger partial charge in [-0.2, -0.15) is 0 Å². The van der Waals surface area contributed by atoms with Gasteiger partial charge < -0.3 is 15.2 Å². The summed E-state index contributed by atoms with van der Waals surface area (Å²) in [5.74, 6) is 2.06. The molecule has 0 heterocycles. The van der Waals surface area contributed by atoms with E-state index >= 15 is 0 Å². The van der Waals surface area contributed by atoms with Gasteiger partial charge >= 0.3 is 0 Å². The third-order valence-electron chi connectivity index (χ3n) is 3.69.